The van der Waals surface area contributed by atoms with Crippen molar-refractivity contribution < 1.29 is 18.6 Å². The Hall–Kier alpha value is -0.550. The van der Waals surface area contributed by atoms with E-state index in [1.165, 1.54) is 0 Å². The summed E-state index contributed by atoms with van der Waals surface area (Å²) in [5, 5.41) is 8.45. The van der Waals surface area contributed by atoms with Crippen molar-refractivity contribution in [1.29, 1.82) is 0 Å². The van der Waals surface area contributed by atoms with Gasteiger partial charge in [0.05, 0.1) is 7.11 Å². The van der Waals surface area contributed by atoms with Gasteiger partial charge in [0.1, 0.15) is 9.50 Å². The molecule has 1 aromatic rings. The highest BCUT2D eigenvalue weighted by molar-refractivity contribution is 9.10. The highest BCUT2D eigenvalue weighted by Crippen LogP contribution is 2.42. The molecule has 13 heavy (non-hydrogen) atoms. The lowest BCUT2D eigenvalue weighted by Gasteiger charge is -2.08. The molecule has 1 rings (SSSR count). The maximum absolute atomic E-state index is 13.0. The van der Waals surface area contributed by atoms with Gasteiger partial charge in [0, 0.05) is 0 Å². The van der Waals surface area contributed by atoms with Crippen molar-refractivity contribution in [2.45, 2.75) is 0 Å². The van der Waals surface area contributed by atoms with Crippen molar-refractivity contribution in [3.8, 4) is 11.5 Å². The van der Waals surface area contributed by atoms with Gasteiger partial charge < -0.3 is 9.84 Å². The second-order valence-corrected chi connectivity index (χ2v) is 3.31. The number of methoxy groups -OCH3 is 1. The summed E-state index contributed by atoms with van der Waals surface area (Å²) in [4.78, 5) is 0. The molecule has 0 saturated carbocycles. The Morgan fingerprint density at radius 3 is 2.38 bits per heavy atom. The molecule has 0 saturated heterocycles. The zero-order valence-corrected chi connectivity index (χ0v) is 8.71. The molecule has 0 unspecified atom stereocenters. The number of hydrogen-bond donors (Lipinski definition) is 1. The quantitative estimate of drug-likeness (QED) is 0.629. The van der Waals surface area contributed by atoms with Crippen LogP contribution >= 0.6 is 27.5 Å². The van der Waals surface area contributed by atoms with Gasteiger partial charge in [0.25, 0.3) is 0 Å². The third-order valence-corrected chi connectivity index (χ3v) is 2.46. The van der Waals surface area contributed by atoms with Crippen LogP contribution in [0.3, 0.4) is 0 Å². The fraction of sp³-hybridized carbons (Fsp3) is 0.143. The van der Waals surface area contributed by atoms with E-state index in [9.17, 15) is 13.9 Å². The molecule has 1 aromatic carbocycles. The number of phenolic OH excluding ortho intramolecular Hbond substituents is 1. The van der Waals surface area contributed by atoms with Gasteiger partial charge in [0.15, 0.2) is 23.1 Å². The Bertz CT molecular complexity index is 328. The van der Waals surface area contributed by atoms with Crippen molar-refractivity contribution in [2.75, 3.05) is 7.11 Å². The molecule has 0 aliphatic rings. The average Bonchev–Trinajstić information content (AvgIpc) is 2.13. The van der Waals surface area contributed by atoms with Crippen LogP contribution in [-0.4, -0.2) is 12.2 Å². The van der Waals surface area contributed by atoms with E-state index in [1.54, 1.807) is 0 Å². The molecule has 0 spiro atoms. The minimum atomic E-state index is -1.12. The summed E-state index contributed by atoms with van der Waals surface area (Å²) in [7, 11) is 1.14. The first-order valence-corrected chi connectivity index (χ1v) is 4.26. The number of benzene rings is 1. The van der Waals surface area contributed by atoms with E-state index in [-0.39, 0.29) is 4.47 Å². The van der Waals surface area contributed by atoms with Crippen LogP contribution in [0, 0.1) is 11.6 Å². The van der Waals surface area contributed by atoms with Gasteiger partial charge in [-0.2, -0.15) is 0 Å². The summed E-state index contributed by atoms with van der Waals surface area (Å²) in [6, 6.07) is 0. The Labute approximate surface area is 86.2 Å². The summed E-state index contributed by atoms with van der Waals surface area (Å²) in [5.74, 6) is -3.32. The van der Waals surface area contributed by atoms with Crippen molar-refractivity contribution in [1.82, 2.24) is 0 Å². The molecule has 0 amide bonds. The van der Waals surface area contributed by atoms with Crippen molar-refractivity contribution >= 4 is 27.5 Å². The van der Waals surface area contributed by atoms with Gasteiger partial charge in [0.2, 0.25) is 0 Å². The van der Waals surface area contributed by atoms with Crippen LogP contribution < -0.4 is 4.74 Å². The maximum Gasteiger partial charge on any atom is 0.199 e. The normalized spacial score (nSPS) is 10.2. The molecule has 0 aromatic heterocycles. The summed E-state index contributed by atoms with van der Waals surface area (Å²) in [5.41, 5.74) is 0. The number of ether oxygens (including phenoxy) is 1. The predicted octanol–water partition coefficient (Wildman–Crippen LogP) is 3.09. The molecule has 0 aliphatic carbocycles. The summed E-state index contributed by atoms with van der Waals surface area (Å²) >= 11 is 7.97. The second kappa shape index (κ2) is 3.67. The fourth-order valence-electron chi connectivity index (χ4n) is 0.786. The largest absolute Gasteiger partial charge is 0.503 e. The van der Waals surface area contributed by atoms with E-state index >= 15 is 0 Å². The van der Waals surface area contributed by atoms with Gasteiger partial charge in [-0.3, -0.25) is 0 Å². The van der Waals surface area contributed by atoms with E-state index in [2.05, 4.69) is 20.7 Å². The third-order valence-electron chi connectivity index (χ3n) is 1.40. The maximum atomic E-state index is 13.0. The zero-order valence-electron chi connectivity index (χ0n) is 6.37. The van der Waals surface area contributed by atoms with Gasteiger partial charge in [-0.25, -0.2) is 8.78 Å². The molecule has 0 bridgehead atoms. The lowest BCUT2D eigenvalue weighted by Crippen LogP contribution is -1.94. The first-order chi connectivity index (χ1) is 6.00. The summed E-state index contributed by atoms with van der Waals surface area (Å²) in [6.45, 7) is 0. The van der Waals surface area contributed by atoms with Crippen LogP contribution in [0.4, 0.5) is 8.78 Å². The standard InChI is InChI=1S/C7H4BrClF2O2/c1-13-7-5(11)3(9)4(10)2(8)6(7)12/h12H,1H3. The van der Waals surface area contributed by atoms with Crippen molar-refractivity contribution in [3.63, 3.8) is 0 Å². The molecule has 0 fully saturated rings. The van der Waals surface area contributed by atoms with E-state index < -0.39 is 28.2 Å². The van der Waals surface area contributed by atoms with Gasteiger partial charge in [-0.05, 0) is 15.9 Å². The van der Waals surface area contributed by atoms with Gasteiger partial charge >= 0.3 is 0 Å². The Kier molecular flexibility index (Phi) is 2.98. The van der Waals surface area contributed by atoms with Crippen LogP contribution in [0.25, 0.3) is 0 Å². The van der Waals surface area contributed by atoms with Crippen LogP contribution in [0.5, 0.6) is 11.5 Å². The highest BCUT2D eigenvalue weighted by atomic mass is 79.9. The Balaban J connectivity index is 3.56. The first-order valence-electron chi connectivity index (χ1n) is 3.09. The molecule has 1 N–H and O–H groups in total. The highest BCUT2D eigenvalue weighted by Gasteiger charge is 2.22. The topological polar surface area (TPSA) is 29.5 Å². The monoisotopic (exact) mass is 272 g/mol. The molecule has 2 nitrogen and oxygen atoms in total. The van der Waals surface area contributed by atoms with Crippen LogP contribution in [-0.2, 0) is 0 Å². The predicted molar refractivity (Wildman–Crippen MR) is 47.3 cm³/mol. The number of halogens is 4. The van der Waals surface area contributed by atoms with Gasteiger partial charge in [-0.15, -0.1) is 0 Å². The first kappa shape index (κ1) is 10.5. The smallest absolute Gasteiger partial charge is 0.199 e. The lowest BCUT2D eigenvalue weighted by molar-refractivity contribution is 0.346. The van der Waals surface area contributed by atoms with E-state index in [0.29, 0.717) is 0 Å². The minimum absolute atomic E-state index is 0.323. The SMILES string of the molecule is COc1c(O)c(Br)c(F)c(Cl)c1F. The zero-order chi connectivity index (χ0) is 10.2. The number of phenols is 1. The second-order valence-electron chi connectivity index (χ2n) is 2.14. The number of hydrogen-bond acceptors (Lipinski definition) is 2. The van der Waals surface area contributed by atoms with Crippen LogP contribution in [0.15, 0.2) is 4.47 Å². The fourth-order valence-corrected chi connectivity index (χ4v) is 1.46. The summed E-state index contributed by atoms with van der Waals surface area (Å²) in [6.07, 6.45) is 0. The van der Waals surface area contributed by atoms with Gasteiger partial charge in [-0.1, -0.05) is 11.6 Å². The molecule has 0 aliphatic heterocycles. The minimum Gasteiger partial charge on any atom is -0.503 e. The number of rotatable bonds is 1. The average molecular weight is 273 g/mol. The Morgan fingerprint density at radius 2 is 1.92 bits per heavy atom. The Morgan fingerprint density at radius 1 is 1.38 bits per heavy atom. The van der Waals surface area contributed by atoms with E-state index in [4.69, 9.17) is 11.6 Å². The number of aromatic hydroxyl groups is 1. The van der Waals surface area contributed by atoms with E-state index in [1.807, 2.05) is 0 Å². The molecule has 0 radical (unpaired) electrons. The molecular formula is C7H4BrClF2O2. The molecule has 72 valence electrons. The molecule has 6 heteroatoms. The van der Waals surface area contributed by atoms with Crippen LogP contribution in [0.2, 0.25) is 5.02 Å². The molecule has 0 atom stereocenters. The summed E-state index contributed by atoms with van der Waals surface area (Å²) < 4.78 is 30.1. The molecule has 0 heterocycles. The molecular weight excluding hydrogens is 269 g/mol. The van der Waals surface area contributed by atoms with E-state index in [0.717, 1.165) is 7.11 Å². The van der Waals surface area contributed by atoms with Crippen LogP contribution in [0.1, 0.15) is 0 Å². The lowest BCUT2D eigenvalue weighted by atomic mass is 10.3. The third kappa shape index (κ3) is 1.58. The van der Waals surface area contributed by atoms with Crippen molar-refractivity contribution in [2.24, 2.45) is 0 Å². The van der Waals surface area contributed by atoms with Crippen molar-refractivity contribution in [3.05, 3.63) is 21.1 Å².